The second kappa shape index (κ2) is 19.7. The van der Waals surface area contributed by atoms with Crippen molar-refractivity contribution in [2.45, 2.75) is 64.0 Å². The van der Waals surface area contributed by atoms with Gasteiger partial charge in [-0.05, 0) is 144 Å². The highest BCUT2D eigenvalue weighted by atomic mass is 16.5. The highest BCUT2D eigenvalue weighted by Gasteiger charge is 2.39. The molecule has 1 unspecified atom stereocenters. The molecule has 0 saturated carbocycles. The van der Waals surface area contributed by atoms with E-state index in [9.17, 15) is 14.4 Å². The molecule has 330 valence electrons. The number of aromatic nitrogens is 4. The van der Waals surface area contributed by atoms with Gasteiger partial charge in [-0.15, -0.1) is 0 Å². The van der Waals surface area contributed by atoms with Gasteiger partial charge in [0.15, 0.2) is 5.65 Å². The third-order valence-electron chi connectivity index (χ3n) is 13.4. The van der Waals surface area contributed by atoms with E-state index >= 15 is 0 Å². The number of H-pyrrole nitrogens is 1. The maximum atomic E-state index is 13.0. The zero-order valence-electron chi connectivity index (χ0n) is 36.1. The summed E-state index contributed by atoms with van der Waals surface area (Å²) in [4.78, 5) is 57.0. The number of nitrogens with zero attached hydrogens (tertiary/aromatic N) is 8. The Bertz CT molecular complexity index is 2350. The summed E-state index contributed by atoms with van der Waals surface area (Å²) in [6, 6.07) is 22.9. The number of nitrogens with one attached hydrogen (secondary N) is 2. The van der Waals surface area contributed by atoms with Crippen molar-refractivity contribution in [3.63, 3.8) is 0 Å². The van der Waals surface area contributed by atoms with E-state index in [0.717, 1.165) is 71.5 Å². The van der Waals surface area contributed by atoms with Gasteiger partial charge in [-0.3, -0.25) is 29.7 Å². The van der Waals surface area contributed by atoms with Crippen LogP contribution in [-0.2, 0) is 16.1 Å². The number of carbonyl (C=O) groups excluding carboxylic acids is 3. The number of rotatable bonds is 11. The molecule has 3 amide bonds. The number of aromatic amines is 1. The SMILES string of the molecule is Nc1ncnc2n[nH]c(-c3ccc(Oc4ccccc4)cc3)c12.O=C1CCC(N2Cc3cc(N4CCN(CCCN5CCC(CN6CCCCC6)CC5)CC4)ccc3C2=O)C(=O)N1. The fourth-order valence-corrected chi connectivity index (χ4v) is 9.81. The average molecular weight is 854 g/mol. The highest BCUT2D eigenvalue weighted by molar-refractivity contribution is 6.05. The Labute approximate surface area is 369 Å². The van der Waals surface area contributed by atoms with Gasteiger partial charge in [0.2, 0.25) is 11.8 Å². The normalized spacial score (nSPS) is 20.4. The van der Waals surface area contributed by atoms with E-state index in [0.29, 0.717) is 30.0 Å². The van der Waals surface area contributed by atoms with Gasteiger partial charge in [-0.25, -0.2) is 9.97 Å². The number of likely N-dealkylation sites (tertiary alicyclic amines) is 2. The number of nitrogen functional groups attached to an aromatic ring is 1. The molecule has 5 aromatic rings. The zero-order valence-corrected chi connectivity index (χ0v) is 36.1. The number of hydrogen-bond acceptors (Lipinski definition) is 12. The number of anilines is 2. The molecule has 0 aliphatic carbocycles. The fraction of sp³-hybridized carbons (Fsp3) is 0.458. The van der Waals surface area contributed by atoms with Crippen LogP contribution < -0.4 is 20.7 Å². The number of fused-ring (bicyclic) bond motifs is 2. The predicted molar refractivity (Wildman–Crippen MR) is 243 cm³/mol. The number of hydrogen-bond donors (Lipinski definition) is 3. The van der Waals surface area contributed by atoms with Crippen LogP contribution in [0.5, 0.6) is 11.5 Å². The molecule has 1 atom stereocenters. The minimum atomic E-state index is -0.560. The number of imide groups is 1. The Kier molecular flexibility index (Phi) is 13.2. The van der Waals surface area contributed by atoms with Gasteiger partial charge in [0.05, 0.1) is 11.1 Å². The van der Waals surface area contributed by atoms with Crippen LogP contribution >= 0.6 is 0 Å². The van der Waals surface area contributed by atoms with Crippen LogP contribution in [-0.4, -0.2) is 136 Å². The molecule has 7 heterocycles. The van der Waals surface area contributed by atoms with Crippen molar-refractivity contribution in [3.05, 3.63) is 90.3 Å². The standard InChI is InChI=1S/C31H46N6O3.C17H13N5O/c38-29-8-7-28(30(39)32-29)37-23-25-21-26(5-6-27(25)31(37)40)36-19-17-34(18-20-36)14-4-13-33-15-9-24(10-16-33)22-35-11-2-1-3-12-35;18-16-14-15(21-22-17(14)20-10-19-16)11-6-8-13(9-7-11)23-12-4-2-1-3-5-12/h5-6,21,24,28H,1-4,7-20,22-23H2,(H,32,38,39);1-10H,(H3,18,19,20,21,22). The molecule has 10 rings (SSSR count). The summed E-state index contributed by atoms with van der Waals surface area (Å²) in [6.07, 6.45) is 10.3. The molecule has 0 bridgehead atoms. The van der Waals surface area contributed by atoms with Gasteiger partial charge < -0.3 is 30.1 Å². The summed E-state index contributed by atoms with van der Waals surface area (Å²) in [5.41, 5.74) is 11.0. The van der Waals surface area contributed by atoms with Gasteiger partial charge in [-0.1, -0.05) is 24.6 Å². The summed E-state index contributed by atoms with van der Waals surface area (Å²) in [7, 11) is 0. The van der Waals surface area contributed by atoms with Crippen molar-refractivity contribution in [3.8, 4) is 22.8 Å². The number of ether oxygens (including phenoxy) is 1. The van der Waals surface area contributed by atoms with E-state index in [4.69, 9.17) is 10.5 Å². The summed E-state index contributed by atoms with van der Waals surface area (Å²) in [5.74, 6) is 2.15. The van der Waals surface area contributed by atoms with Crippen LogP contribution in [0, 0.1) is 5.92 Å². The molecular formula is C48H59N11O4. The van der Waals surface area contributed by atoms with E-state index in [2.05, 4.69) is 57.2 Å². The lowest BCUT2D eigenvalue weighted by Gasteiger charge is -2.38. The van der Waals surface area contributed by atoms with Gasteiger partial charge in [-0.2, -0.15) is 5.10 Å². The molecule has 0 radical (unpaired) electrons. The topological polar surface area (TPSA) is 169 Å². The van der Waals surface area contributed by atoms with Crippen LogP contribution in [0.4, 0.5) is 11.5 Å². The van der Waals surface area contributed by atoms with E-state index in [-0.39, 0.29) is 24.1 Å². The van der Waals surface area contributed by atoms with Crippen LogP contribution in [0.15, 0.2) is 79.1 Å². The molecular weight excluding hydrogens is 795 g/mol. The fourth-order valence-electron chi connectivity index (χ4n) is 9.81. The molecule has 63 heavy (non-hydrogen) atoms. The summed E-state index contributed by atoms with van der Waals surface area (Å²) < 4.78 is 5.79. The van der Waals surface area contributed by atoms with E-state index < -0.39 is 6.04 Å². The highest BCUT2D eigenvalue weighted by Crippen LogP contribution is 2.32. The number of amides is 3. The summed E-state index contributed by atoms with van der Waals surface area (Å²) in [5, 5.41) is 10.2. The van der Waals surface area contributed by atoms with Crippen molar-refractivity contribution >= 4 is 40.3 Å². The number of piperidine rings is 3. The first-order valence-electron chi connectivity index (χ1n) is 22.8. The Balaban J connectivity index is 0.000000185. The van der Waals surface area contributed by atoms with Crippen LogP contribution in [0.1, 0.15) is 67.3 Å². The van der Waals surface area contributed by atoms with Crippen LogP contribution in [0.2, 0.25) is 0 Å². The van der Waals surface area contributed by atoms with Crippen molar-refractivity contribution in [2.24, 2.45) is 5.92 Å². The minimum absolute atomic E-state index is 0.105. The first-order chi connectivity index (χ1) is 30.8. The lowest BCUT2D eigenvalue weighted by molar-refractivity contribution is -0.136. The Morgan fingerprint density at radius 2 is 1.48 bits per heavy atom. The monoisotopic (exact) mass is 853 g/mol. The maximum Gasteiger partial charge on any atom is 0.255 e. The first-order valence-corrected chi connectivity index (χ1v) is 22.8. The molecule has 5 aliphatic heterocycles. The van der Waals surface area contributed by atoms with Gasteiger partial charge in [0.1, 0.15) is 29.7 Å². The number of piperazine rings is 1. The van der Waals surface area contributed by atoms with Crippen LogP contribution in [0.3, 0.4) is 0 Å². The van der Waals surface area contributed by atoms with Crippen molar-refractivity contribution in [2.75, 3.05) is 82.6 Å². The molecule has 4 N–H and O–H groups in total. The molecule has 4 fully saturated rings. The van der Waals surface area contributed by atoms with Gasteiger partial charge in [0.25, 0.3) is 5.91 Å². The number of para-hydroxylation sites is 1. The lowest BCUT2D eigenvalue weighted by Crippen LogP contribution is -2.52. The number of nitrogens with two attached hydrogens (primary N) is 1. The second-order valence-corrected chi connectivity index (χ2v) is 17.6. The van der Waals surface area contributed by atoms with Crippen molar-refractivity contribution < 1.29 is 19.1 Å². The molecule has 4 saturated heterocycles. The Morgan fingerprint density at radius 1 is 0.746 bits per heavy atom. The van der Waals surface area contributed by atoms with E-state index in [1.165, 1.54) is 90.7 Å². The third kappa shape index (κ3) is 10.2. The summed E-state index contributed by atoms with van der Waals surface area (Å²) >= 11 is 0. The molecule has 15 nitrogen and oxygen atoms in total. The quantitative estimate of drug-likeness (QED) is 0.142. The third-order valence-corrected chi connectivity index (χ3v) is 13.4. The molecule has 15 heteroatoms. The van der Waals surface area contributed by atoms with E-state index in [1.807, 2.05) is 60.7 Å². The number of carbonyl (C=O) groups is 3. The van der Waals surface area contributed by atoms with Gasteiger partial charge >= 0.3 is 0 Å². The maximum absolute atomic E-state index is 13.0. The number of benzene rings is 3. The predicted octanol–water partition coefficient (Wildman–Crippen LogP) is 5.55. The largest absolute Gasteiger partial charge is 0.457 e. The lowest BCUT2D eigenvalue weighted by atomic mass is 9.95. The Hall–Kier alpha value is -5.90. The molecule has 3 aromatic carbocycles. The van der Waals surface area contributed by atoms with Gasteiger partial charge in [0, 0.05) is 62.5 Å². The molecule has 2 aromatic heterocycles. The van der Waals surface area contributed by atoms with Crippen LogP contribution in [0.25, 0.3) is 22.3 Å². The zero-order chi connectivity index (χ0) is 43.1. The second-order valence-electron chi connectivity index (χ2n) is 17.6. The summed E-state index contributed by atoms with van der Waals surface area (Å²) in [6.45, 7) is 13.5. The van der Waals surface area contributed by atoms with Crippen molar-refractivity contribution in [1.82, 2.24) is 45.1 Å². The smallest absolute Gasteiger partial charge is 0.255 e. The Morgan fingerprint density at radius 3 is 2.22 bits per heavy atom. The molecule has 5 aliphatic rings. The van der Waals surface area contributed by atoms with Crippen molar-refractivity contribution in [1.29, 1.82) is 0 Å². The first kappa shape index (κ1) is 42.4. The molecule has 0 spiro atoms. The van der Waals surface area contributed by atoms with E-state index in [1.54, 1.807) is 4.90 Å². The minimum Gasteiger partial charge on any atom is -0.457 e. The average Bonchev–Trinajstić information content (AvgIpc) is 3.90.